The van der Waals surface area contributed by atoms with Gasteiger partial charge in [0.2, 0.25) is 0 Å². The predicted molar refractivity (Wildman–Crippen MR) is 92.3 cm³/mol. The molecule has 7 nitrogen and oxygen atoms in total. The lowest BCUT2D eigenvalue weighted by atomic mass is 10.2. The van der Waals surface area contributed by atoms with E-state index in [1.54, 1.807) is 25.1 Å². The first-order chi connectivity index (χ1) is 11.1. The summed E-state index contributed by atoms with van der Waals surface area (Å²) in [7, 11) is -0.435. The van der Waals surface area contributed by atoms with Gasteiger partial charge in [-0.2, -0.15) is 0 Å². The van der Waals surface area contributed by atoms with Gasteiger partial charge in [-0.25, -0.2) is 18.1 Å². The maximum atomic E-state index is 12.4. The summed E-state index contributed by atoms with van der Waals surface area (Å²) < 4.78 is 26.8. The molecule has 0 spiro atoms. The van der Waals surface area contributed by atoms with Gasteiger partial charge in [0.15, 0.2) is 10.8 Å². The fourth-order valence-electron chi connectivity index (χ4n) is 2.01. The Hall–Kier alpha value is -2.26. The number of nitrogens with zero attached hydrogens (tertiary/aromatic N) is 2. The average molecular weight is 367 g/mol. The summed E-state index contributed by atoms with van der Waals surface area (Å²) in [6.45, 7) is 3.19. The first-order valence-electron chi connectivity index (χ1n) is 6.93. The van der Waals surface area contributed by atoms with E-state index in [9.17, 15) is 18.0 Å². The van der Waals surface area contributed by atoms with Gasteiger partial charge in [-0.15, -0.1) is 11.3 Å². The van der Waals surface area contributed by atoms with E-state index >= 15 is 0 Å². The number of carbonyl (C=O) groups is 2. The predicted octanol–water partition coefficient (Wildman–Crippen LogP) is 1.84. The van der Waals surface area contributed by atoms with Crippen LogP contribution in [0.25, 0.3) is 0 Å². The summed E-state index contributed by atoms with van der Waals surface area (Å²) in [6, 6.07) is 4.60. The number of rotatable bonds is 5. The second-order valence-corrected chi connectivity index (χ2v) is 7.91. The monoisotopic (exact) mass is 367 g/mol. The quantitative estimate of drug-likeness (QED) is 0.810. The van der Waals surface area contributed by atoms with Gasteiger partial charge in [0.05, 0.1) is 4.90 Å². The number of aromatic nitrogens is 1. The van der Waals surface area contributed by atoms with Gasteiger partial charge >= 0.3 is 0 Å². The summed E-state index contributed by atoms with van der Waals surface area (Å²) in [5, 5.41) is 1.50. The molecule has 0 aliphatic carbocycles. The molecule has 0 fully saturated rings. The molecule has 0 aliphatic heterocycles. The zero-order valence-corrected chi connectivity index (χ0v) is 15.3. The lowest BCUT2D eigenvalue weighted by Gasteiger charge is -2.17. The third-order valence-electron chi connectivity index (χ3n) is 3.24. The van der Waals surface area contributed by atoms with Crippen molar-refractivity contribution in [2.24, 2.45) is 0 Å². The van der Waals surface area contributed by atoms with E-state index in [0.29, 0.717) is 0 Å². The highest BCUT2D eigenvalue weighted by Crippen LogP contribution is 2.22. The molecule has 1 amide bonds. The van der Waals surface area contributed by atoms with E-state index in [1.807, 2.05) is 11.6 Å². The van der Waals surface area contributed by atoms with Gasteiger partial charge in [0.1, 0.15) is 5.69 Å². The third kappa shape index (κ3) is 3.80. The molecular weight excluding hydrogens is 350 g/mol. The Bertz CT molecular complexity index is 901. The Morgan fingerprint density at radius 1 is 1.25 bits per heavy atom. The summed E-state index contributed by atoms with van der Waals surface area (Å²) in [5.74, 6) is -1.15. The SMILES string of the molecule is CC(=O)c1nc(C(=O)NS(=O)(=O)c2ccc(C)c(N(C)C)c2)cs1. The average Bonchev–Trinajstić information content (AvgIpc) is 2.96. The van der Waals surface area contributed by atoms with Crippen molar-refractivity contribution in [2.45, 2.75) is 18.7 Å². The number of hydrogen-bond acceptors (Lipinski definition) is 7. The van der Waals surface area contributed by atoms with Gasteiger partial charge in [-0.1, -0.05) is 6.07 Å². The second kappa shape index (κ2) is 6.70. The topological polar surface area (TPSA) is 96.4 Å². The van der Waals surface area contributed by atoms with Crippen molar-refractivity contribution >= 4 is 38.7 Å². The fourth-order valence-corrected chi connectivity index (χ4v) is 3.69. The first kappa shape index (κ1) is 18.1. The molecule has 0 unspecified atom stereocenters. The van der Waals surface area contributed by atoms with Crippen molar-refractivity contribution in [3.63, 3.8) is 0 Å². The van der Waals surface area contributed by atoms with Gasteiger partial charge < -0.3 is 4.90 Å². The number of thiazole rings is 1. The molecular formula is C15H17N3O4S2. The van der Waals surface area contributed by atoms with Gasteiger partial charge in [-0.3, -0.25) is 9.59 Å². The van der Waals surface area contributed by atoms with E-state index in [4.69, 9.17) is 0 Å². The molecule has 2 rings (SSSR count). The van der Waals surface area contributed by atoms with Crippen LogP contribution < -0.4 is 9.62 Å². The van der Waals surface area contributed by atoms with E-state index in [0.717, 1.165) is 22.6 Å². The van der Waals surface area contributed by atoms with Gasteiger partial charge in [0.25, 0.3) is 15.9 Å². The number of ketones is 1. The highest BCUT2D eigenvalue weighted by Gasteiger charge is 2.22. The Labute approximate surface area is 144 Å². The molecule has 2 aromatic rings. The van der Waals surface area contributed by atoms with Crippen LogP contribution in [0.5, 0.6) is 0 Å². The van der Waals surface area contributed by atoms with Crippen LogP contribution in [0, 0.1) is 6.92 Å². The maximum absolute atomic E-state index is 12.4. The largest absolute Gasteiger partial charge is 0.377 e. The summed E-state index contributed by atoms with van der Waals surface area (Å²) in [6.07, 6.45) is 0. The summed E-state index contributed by atoms with van der Waals surface area (Å²) in [4.78, 5) is 28.9. The second-order valence-electron chi connectivity index (χ2n) is 5.37. The van der Waals surface area contributed by atoms with E-state index < -0.39 is 15.9 Å². The van der Waals surface area contributed by atoms with Crippen molar-refractivity contribution < 1.29 is 18.0 Å². The standard InChI is InChI=1S/C15H17N3O4S2/c1-9-5-6-11(7-13(9)18(3)4)24(21,22)17-14(20)12-8-23-15(16-12)10(2)19/h5-8H,1-4H3,(H,17,20). The normalized spacial score (nSPS) is 11.2. The van der Waals surface area contributed by atoms with Crippen molar-refractivity contribution in [3.05, 3.63) is 39.8 Å². The van der Waals surface area contributed by atoms with Crippen molar-refractivity contribution in [3.8, 4) is 0 Å². The molecule has 0 bridgehead atoms. The molecule has 1 aromatic carbocycles. The van der Waals surface area contributed by atoms with Crippen LogP contribution in [-0.4, -0.2) is 39.2 Å². The van der Waals surface area contributed by atoms with E-state index in [1.165, 1.54) is 24.4 Å². The molecule has 1 N–H and O–H groups in total. The molecule has 9 heteroatoms. The minimum absolute atomic E-state index is 0.0211. The summed E-state index contributed by atoms with van der Waals surface area (Å²) >= 11 is 0.993. The maximum Gasteiger partial charge on any atom is 0.284 e. The first-order valence-corrected chi connectivity index (χ1v) is 9.29. The van der Waals surface area contributed by atoms with E-state index in [-0.39, 0.29) is 21.4 Å². The number of hydrogen-bond donors (Lipinski definition) is 1. The highest BCUT2D eigenvalue weighted by molar-refractivity contribution is 7.90. The number of Topliss-reactive ketones (excluding diaryl/α,β-unsaturated/α-hetero) is 1. The molecule has 0 aliphatic rings. The Morgan fingerprint density at radius 2 is 1.92 bits per heavy atom. The Balaban J connectivity index is 2.29. The molecule has 0 atom stereocenters. The lowest BCUT2D eigenvalue weighted by molar-refractivity contribution is 0.0977. The Kier molecular flexibility index (Phi) is 5.05. The van der Waals surface area contributed by atoms with Crippen LogP contribution in [0.2, 0.25) is 0 Å². The zero-order valence-electron chi connectivity index (χ0n) is 13.7. The number of anilines is 1. The van der Waals surface area contributed by atoms with Gasteiger partial charge in [-0.05, 0) is 24.6 Å². The Morgan fingerprint density at radius 3 is 2.46 bits per heavy atom. The number of nitrogens with one attached hydrogen (secondary N) is 1. The molecule has 1 heterocycles. The zero-order chi connectivity index (χ0) is 18.1. The third-order valence-corrected chi connectivity index (χ3v) is 5.51. The number of sulfonamides is 1. The van der Waals surface area contributed by atoms with Crippen LogP contribution in [0.1, 0.15) is 32.8 Å². The number of benzene rings is 1. The lowest BCUT2D eigenvalue weighted by Crippen LogP contribution is -2.31. The summed E-state index contributed by atoms with van der Waals surface area (Å²) in [5.41, 5.74) is 1.54. The van der Waals surface area contributed by atoms with Crippen molar-refractivity contribution in [1.82, 2.24) is 9.71 Å². The van der Waals surface area contributed by atoms with E-state index in [2.05, 4.69) is 4.98 Å². The minimum atomic E-state index is -4.04. The molecule has 0 saturated carbocycles. The smallest absolute Gasteiger partial charge is 0.284 e. The highest BCUT2D eigenvalue weighted by atomic mass is 32.2. The van der Waals surface area contributed by atoms with Crippen LogP contribution in [0.4, 0.5) is 5.69 Å². The molecule has 0 saturated heterocycles. The minimum Gasteiger partial charge on any atom is -0.377 e. The van der Waals surface area contributed by atoms with Crippen LogP contribution in [0.15, 0.2) is 28.5 Å². The van der Waals surface area contributed by atoms with Crippen LogP contribution in [0.3, 0.4) is 0 Å². The molecule has 128 valence electrons. The van der Waals surface area contributed by atoms with Crippen molar-refractivity contribution in [1.29, 1.82) is 0 Å². The molecule has 24 heavy (non-hydrogen) atoms. The fraction of sp³-hybridized carbons (Fsp3) is 0.267. The van der Waals surface area contributed by atoms with Gasteiger partial charge in [0, 0.05) is 32.1 Å². The number of amides is 1. The molecule has 0 radical (unpaired) electrons. The van der Waals surface area contributed by atoms with Crippen LogP contribution >= 0.6 is 11.3 Å². The number of aryl methyl sites for hydroxylation is 1. The number of carbonyl (C=O) groups excluding carboxylic acids is 2. The van der Waals surface area contributed by atoms with Crippen molar-refractivity contribution in [2.75, 3.05) is 19.0 Å². The van der Waals surface area contributed by atoms with Crippen LogP contribution in [-0.2, 0) is 10.0 Å². The molecule has 1 aromatic heterocycles.